The van der Waals surface area contributed by atoms with Crippen LogP contribution in [0.2, 0.25) is 0 Å². The molecule has 0 saturated heterocycles. The van der Waals surface area contributed by atoms with Crippen LogP contribution in [0.15, 0.2) is 170 Å². The Labute approximate surface area is 283 Å². The highest BCUT2D eigenvalue weighted by atomic mass is 15.0. The van der Waals surface area contributed by atoms with Crippen molar-refractivity contribution in [3.8, 4) is 51.0 Å². The Hall–Kier alpha value is -6.39. The zero-order valence-electron chi connectivity index (χ0n) is 32.8. The molecule has 0 spiro atoms. The number of hydrogen-bond donors (Lipinski definition) is 0. The first-order valence-corrected chi connectivity index (χ1v) is 15.1. The van der Waals surface area contributed by atoms with Gasteiger partial charge in [-0.3, -0.25) is 0 Å². The molecule has 0 aliphatic carbocycles. The lowest BCUT2D eigenvalue weighted by atomic mass is 10.0. The van der Waals surface area contributed by atoms with Crippen LogP contribution in [0.25, 0.3) is 83.6 Å². The van der Waals surface area contributed by atoms with E-state index >= 15 is 0 Å². The van der Waals surface area contributed by atoms with Gasteiger partial charge in [-0.25, -0.2) is 15.0 Å². The Balaban J connectivity index is 1.39. The van der Waals surface area contributed by atoms with Crippen molar-refractivity contribution in [2.75, 3.05) is 0 Å². The van der Waals surface area contributed by atoms with Gasteiger partial charge in [0.25, 0.3) is 0 Å². The summed E-state index contributed by atoms with van der Waals surface area (Å²) >= 11 is 0. The van der Waals surface area contributed by atoms with Crippen LogP contribution in [-0.4, -0.2) is 19.5 Å². The summed E-state index contributed by atoms with van der Waals surface area (Å²) in [6.07, 6.45) is 0. The van der Waals surface area contributed by atoms with Gasteiger partial charge >= 0.3 is 0 Å². The molecule has 0 bridgehead atoms. The maximum atomic E-state index is 9.08. The second-order valence-electron chi connectivity index (χ2n) is 11.2. The zero-order valence-corrected chi connectivity index (χ0v) is 24.8. The Morgan fingerprint density at radius 1 is 0.404 bits per heavy atom. The molecule has 220 valence electrons. The maximum absolute atomic E-state index is 9.08. The summed E-state index contributed by atoms with van der Waals surface area (Å²) < 4.78 is 71.6. The Kier molecular flexibility index (Phi) is 4.74. The van der Waals surface area contributed by atoms with Crippen LogP contribution in [0.3, 0.4) is 0 Å². The van der Waals surface area contributed by atoms with Crippen molar-refractivity contribution in [3.05, 3.63) is 170 Å². The molecule has 0 atom stereocenters. The largest absolute Gasteiger partial charge is 0.309 e. The monoisotopic (exact) mass is 608 g/mol. The fourth-order valence-corrected chi connectivity index (χ4v) is 6.02. The van der Waals surface area contributed by atoms with Crippen molar-refractivity contribution < 1.29 is 11.0 Å². The molecule has 4 nitrogen and oxygen atoms in total. The molecule has 4 heteroatoms. The third-order valence-electron chi connectivity index (χ3n) is 8.25. The van der Waals surface area contributed by atoms with Crippen LogP contribution in [0.1, 0.15) is 11.0 Å². The van der Waals surface area contributed by atoms with Gasteiger partial charge in [0.05, 0.1) is 22.0 Å². The lowest BCUT2D eigenvalue weighted by molar-refractivity contribution is 1.07. The summed E-state index contributed by atoms with van der Waals surface area (Å²) in [6.45, 7) is 0. The smallest absolute Gasteiger partial charge is 0.164 e. The Bertz CT molecular complexity index is 2940. The van der Waals surface area contributed by atoms with Crippen molar-refractivity contribution in [1.29, 1.82) is 0 Å². The first-order chi connectivity index (χ1) is 26.6. The summed E-state index contributed by atoms with van der Waals surface area (Å²) in [5.41, 5.74) is 4.12. The van der Waals surface area contributed by atoms with Crippen molar-refractivity contribution in [3.63, 3.8) is 0 Å². The van der Waals surface area contributed by atoms with Gasteiger partial charge in [0.15, 0.2) is 17.5 Å². The lowest BCUT2D eigenvalue weighted by Crippen LogP contribution is -2.02. The van der Waals surface area contributed by atoms with Crippen LogP contribution in [0.5, 0.6) is 0 Å². The Morgan fingerprint density at radius 3 is 1.62 bits per heavy atom. The summed E-state index contributed by atoms with van der Waals surface area (Å²) in [5, 5.41) is 2.11. The van der Waals surface area contributed by atoms with Crippen LogP contribution < -0.4 is 0 Å². The van der Waals surface area contributed by atoms with E-state index in [2.05, 4.69) is 0 Å². The van der Waals surface area contributed by atoms with Gasteiger partial charge in [0.2, 0.25) is 0 Å². The molecular weight excluding hydrogens is 573 g/mol. The summed E-state index contributed by atoms with van der Waals surface area (Å²) in [6, 6.07) is 35.3. The molecule has 0 amide bonds. The highest BCUT2D eigenvalue weighted by Crippen LogP contribution is 2.36. The second-order valence-corrected chi connectivity index (χ2v) is 11.2. The fourth-order valence-electron chi connectivity index (χ4n) is 6.02. The predicted molar refractivity (Wildman–Crippen MR) is 193 cm³/mol. The standard InChI is InChI=1S/C43H28N4/c1-3-13-29(14-4-1)34-26-35(28-36(27-34)47-39-21-11-9-19-37(39)38-20-10-12-22-40(38)47)43-45-41(31-16-5-2-6-17-31)44-42(46-43)33-24-23-30-15-7-8-18-32(30)25-33/h1-28H/i9D,10D,11D,12D,19D,20D,21D,22D. The van der Waals surface area contributed by atoms with E-state index in [9.17, 15) is 0 Å². The third-order valence-corrected chi connectivity index (χ3v) is 8.25. The van der Waals surface area contributed by atoms with E-state index in [1.165, 1.54) is 4.57 Å². The van der Waals surface area contributed by atoms with E-state index in [4.69, 9.17) is 25.9 Å². The van der Waals surface area contributed by atoms with Gasteiger partial charge in [-0.1, -0.05) is 133 Å². The average Bonchev–Trinajstić information content (AvgIpc) is 3.60. The zero-order chi connectivity index (χ0) is 38.1. The normalized spacial score (nSPS) is 13.8. The van der Waals surface area contributed by atoms with Gasteiger partial charge in [-0.05, 0) is 58.2 Å². The minimum atomic E-state index is -0.498. The molecule has 9 rings (SSSR count). The molecule has 7 aromatic carbocycles. The lowest BCUT2D eigenvalue weighted by Gasteiger charge is -2.14. The van der Waals surface area contributed by atoms with E-state index in [0.717, 1.165) is 33.0 Å². The van der Waals surface area contributed by atoms with Crippen molar-refractivity contribution in [2.24, 2.45) is 0 Å². The SMILES string of the molecule is [2H]c1c([2H])c([2H])c2c(c1[2H])c1c([2H])c([2H])c([2H])c([2H])c1n2-c1cc(-c2ccccc2)cc(-c2nc(-c3ccccc3)nc(-c3ccc4ccccc4c3)n2)c1. The van der Waals surface area contributed by atoms with Gasteiger partial charge < -0.3 is 4.57 Å². The van der Waals surface area contributed by atoms with Gasteiger partial charge in [-0.2, -0.15) is 0 Å². The molecule has 0 N–H and O–H groups in total. The highest BCUT2D eigenvalue weighted by molar-refractivity contribution is 6.09. The quantitative estimate of drug-likeness (QED) is 0.195. The van der Waals surface area contributed by atoms with Gasteiger partial charge in [0.1, 0.15) is 0 Å². The topological polar surface area (TPSA) is 43.6 Å². The molecule has 0 unspecified atom stereocenters. The number of nitrogens with zero attached hydrogens (tertiary/aromatic N) is 4. The molecule has 2 heterocycles. The van der Waals surface area contributed by atoms with Crippen molar-refractivity contribution in [2.45, 2.75) is 0 Å². The van der Waals surface area contributed by atoms with Crippen LogP contribution in [-0.2, 0) is 0 Å². The number of fused-ring (bicyclic) bond motifs is 4. The van der Waals surface area contributed by atoms with E-state index < -0.39 is 36.3 Å². The average molecular weight is 609 g/mol. The molecular formula is C43H28N4. The summed E-state index contributed by atoms with van der Waals surface area (Å²) in [4.78, 5) is 14.9. The molecule has 9 aromatic rings. The van der Waals surface area contributed by atoms with Crippen molar-refractivity contribution in [1.82, 2.24) is 19.5 Å². The first-order valence-electron chi connectivity index (χ1n) is 19.1. The van der Waals surface area contributed by atoms with Crippen LogP contribution >= 0.6 is 0 Å². The van der Waals surface area contributed by atoms with Crippen LogP contribution in [0, 0.1) is 0 Å². The molecule has 2 aromatic heterocycles. The highest BCUT2D eigenvalue weighted by Gasteiger charge is 2.17. The maximum Gasteiger partial charge on any atom is 0.164 e. The number of aromatic nitrogens is 4. The van der Waals surface area contributed by atoms with E-state index in [0.29, 0.717) is 28.7 Å². The van der Waals surface area contributed by atoms with E-state index in [1.54, 1.807) is 6.07 Å². The van der Waals surface area contributed by atoms with Gasteiger partial charge in [0, 0.05) is 33.2 Å². The number of para-hydroxylation sites is 2. The van der Waals surface area contributed by atoms with E-state index in [1.807, 2.05) is 115 Å². The van der Waals surface area contributed by atoms with Crippen molar-refractivity contribution >= 4 is 32.6 Å². The van der Waals surface area contributed by atoms with Gasteiger partial charge in [-0.15, -0.1) is 0 Å². The second kappa shape index (κ2) is 11.2. The minimum absolute atomic E-state index is 0.00443. The van der Waals surface area contributed by atoms with Crippen LogP contribution in [0.4, 0.5) is 0 Å². The molecule has 0 aliphatic heterocycles. The fraction of sp³-hybridized carbons (Fsp3) is 0. The third kappa shape index (κ3) is 4.84. The summed E-state index contributed by atoms with van der Waals surface area (Å²) in [5.74, 6) is 1.22. The first kappa shape index (κ1) is 19.9. The molecule has 0 fully saturated rings. The molecule has 0 saturated carbocycles. The minimum Gasteiger partial charge on any atom is -0.309 e. The molecule has 47 heavy (non-hydrogen) atoms. The number of rotatable bonds is 5. The molecule has 0 radical (unpaired) electrons. The van der Waals surface area contributed by atoms with E-state index in [-0.39, 0.29) is 33.9 Å². The molecule has 0 aliphatic rings. The predicted octanol–water partition coefficient (Wildman–Crippen LogP) is 10.8. The Morgan fingerprint density at radius 2 is 0.936 bits per heavy atom. The number of hydrogen-bond acceptors (Lipinski definition) is 3. The number of benzene rings is 7. The summed E-state index contributed by atoms with van der Waals surface area (Å²) in [7, 11) is 0.